The van der Waals surface area contributed by atoms with Crippen LogP contribution in [0.5, 0.6) is 0 Å². The molecule has 2 rings (SSSR count). The summed E-state index contributed by atoms with van der Waals surface area (Å²) in [5, 5.41) is 0. The van der Waals surface area contributed by atoms with Crippen molar-refractivity contribution in [3.8, 4) is 0 Å². The van der Waals surface area contributed by atoms with E-state index in [1.54, 1.807) is 31.2 Å². The van der Waals surface area contributed by atoms with Gasteiger partial charge in [0.1, 0.15) is 0 Å². The van der Waals surface area contributed by atoms with Gasteiger partial charge in [0.25, 0.3) is 5.91 Å². The number of carbonyl (C=O) groups is 2. The molecule has 0 saturated heterocycles. The lowest BCUT2D eigenvalue weighted by Gasteiger charge is -2.32. The van der Waals surface area contributed by atoms with Crippen LogP contribution in [-0.2, 0) is 24.7 Å². The highest BCUT2D eigenvalue weighted by Crippen LogP contribution is 2.35. The molecule has 2 aromatic rings. The van der Waals surface area contributed by atoms with Gasteiger partial charge in [0, 0.05) is 6.61 Å². The van der Waals surface area contributed by atoms with Crippen molar-refractivity contribution in [3.05, 3.63) is 71.8 Å². The van der Waals surface area contributed by atoms with E-state index in [-0.39, 0.29) is 6.61 Å². The molecule has 0 spiro atoms. The predicted molar refractivity (Wildman–Crippen MR) is 85.4 cm³/mol. The number of carbonyl (C=O) groups excluding carboxylic acids is 2. The summed E-state index contributed by atoms with van der Waals surface area (Å²) < 4.78 is 11.0. The molecule has 0 aliphatic carbocycles. The summed E-state index contributed by atoms with van der Waals surface area (Å²) in [5.41, 5.74) is 4.90. The van der Waals surface area contributed by atoms with Crippen LogP contribution in [0, 0.1) is 0 Å². The van der Waals surface area contributed by atoms with Crippen molar-refractivity contribution in [1.82, 2.24) is 0 Å². The van der Waals surface area contributed by atoms with Gasteiger partial charge in [0.05, 0.1) is 0 Å². The molecule has 0 saturated carbocycles. The Morgan fingerprint density at radius 1 is 0.957 bits per heavy atom. The number of rotatable bonds is 7. The summed E-state index contributed by atoms with van der Waals surface area (Å²) in [4.78, 5) is 23.8. The largest absolute Gasteiger partial charge is 0.453 e. The first-order chi connectivity index (χ1) is 11.1. The molecule has 23 heavy (non-hydrogen) atoms. The van der Waals surface area contributed by atoms with Crippen LogP contribution in [0.2, 0.25) is 0 Å². The fourth-order valence-corrected chi connectivity index (χ4v) is 2.43. The maximum atomic E-state index is 12.8. The Morgan fingerprint density at radius 3 is 1.83 bits per heavy atom. The number of hydrogen-bond donors (Lipinski definition) is 1. The van der Waals surface area contributed by atoms with Crippen LogP contribution < -0.4 is 5.73 Å². The van der Waals surface area contributed by atoms with Gasteiger partial charge in [-0.25, -0.2) is 4.79 Å². The third-order valence-electron chi connectivity index (χ3n) is 3.35. The third kappa shape index (κ3) is 3.57. The number of benzene rings is 2. The van der Waals surface area contributed by atoms with Crippen molar-refractivity contribution >= 4 is 11.9 Å². The zero-order chi connectivity index (χ0) is 16.7. The number of nitrogens with two attached hydrogens (primary N) is 1. The molecule has 0 radical (unpaired) electrons. The molecule has 0 fully saturated rings. The van der Waals surface area contributed by atoms with Gasteiger partial charge in [0.2, 0.25) is 5.60 Å². The van der Waals surface area contributed by atoms with Crippen LogP contribution in [0.3, 0.4) is 0 Å². The SMILES string of the molecule is CCOC(C(=O)OCC(N)=O)(c1ccccc1)c1ccccc1. The maximum absolute atomic E-state index is 12.8. The second-order valence-electron chi connectivity index (χ2n) is 4.89. The standard InChI is InChI=1S/C18H19NO4/c1-2-23-18(14-9-5-3-6-10-14,15-11-7-4-8-12-15)17(21)22-13-16(19)20/h3-12H,2,13H2,1H3,(H2,19,20). The molecule has 2 N–H and O–H groups in total. The zero-order valence-electron chi connectivity index (χ0n) is 12.9. The molecular weight excluding hydrogens is 294 g/mol. The summed E-state index contributed by atoms with van der Waals surface area (Å²) >= 11 is 0. The Labute approximate surface area is 135 Å². The van der Waals surface area contributed by atoms with E-state index < -0.39 is 24.1 Å². The van der Waals surface area contributed by atoms with E-state index in [0.717, 1.165) is 0 Å². The highest BCUT2D eigenvalue weighted by molar-refractivity contribution is 5.88. The third-order valence-corrected chi connectivity index (χ3v) is 3.35. The number of esters is 1. The van der Waals surface area contributed by atoms with Crippen molar-refractivity contribution in [2.24, 2.45) is 5.73 Å². The molecule has 120 valence electrons. The lowest BCUT2D eigenvalue weighted by atomic mass is 9.86. The first-order valence-electron chi connectivity index (χ1n) is 7.31. The van der Waals surface area contributed by atoms with Gasteiger partial charge in [-0.15, -0.1) is 0 Å². The van der Waals surface area contributed by atoms with Crippen LogP contribution >= 0.6 is 0 Å². The summed E-state index contributed by atoms with van der Waals surface area (Å²) in [6.45, 7) is 1.59. The monoisotopic (exact) mass is 313 g/mol. The predicted octanol–water partition coefficient (Wildman–Crippen LogP) is 2.00. The molecule has 5 nitrogen and oxygen atoms in total. The first kappa shape index (κ1) is 16.7. The molecule has 0 aliphatic heterocycles. The minimum atomic E-state index is -1.44. The topological polar surface area (TPSA) is 78.6 Å². The van der Waals surface area contributed by atoms with E-state index >= 15 is 0 Å². The second-order valence-corrected chi connectivity index (χ2v) is 4.89. The number of hydrogen-bond acceptors (Lipinski definition) is 4. The normalized spacial score (nSPS) is 11.0. The summed E-state index contributed by atoms with van der Waals surface area (Å²) in [6.07, 6.45) is 0. The highest BCUT2D eigenvalue weighted by atomic mass is 16.6. The Bertz CT molecular complexity index is 616. The minimum Gasteiger partial charge on any atom is -0.453 e. The van der Waals surface area contributed by atoms with Crippen LogP contribution in [0.25, 0.3) is 0 Å². The van der Waals surface area contributed by atoms with Crippen molar-refractivity contribution in [1.29, 1.82) is 0 Å². The van der Waals surface area contributed by atoms with Crippen LogP contribution in [0.1, 0.15) is 18.1 Å². The van der Waals surface area contributed by atoms with Crippen molar-refractivity contribution in [3.63, 3.8) is 0 Å². The smallest absolute Gasteiger partial charge is 0.348 e. The second kappa shape index (κ2) is 7.56. The van der Waals surface area contributed by atoms with Gasteiger partial charge in [-0.2, -0.15) is 0 Å². The number of primary amides is 1. The van der Waals surface area contributed by atoms with Gasteiger partial charge in [0.15, 0.2) is 6.61 Å². The van der Waals surface area contributed by atoms with Crippen LogP contribution in [-0.4, -0.2) is 25.1 Å². The van der Waals surface area contributed by atoms with Gasteiger partial charge in [-0.3, -0.25) is 4.79 Å². The van der Waals surface area contributed by atoms with E-state index in [4.69, 9.17) is 15.2 Å². The van der Waals surface area contributed by atoms with Crippen LogP contribution in [0.4, 0.5) is 0 Å². The van der Waals surface area contributed by atoms with E-state index in [1.165, 1.54) is 0 Å². The zero-order valence-corrected chi connectivity index (χ0v) is 12.9. The molecule has 0 atom stereocenters. The van der Waals surface area contributed by atoms with Crippen molar-refractivity contribution in [2.45, 2.75) is 12.5 Å². The molecule has 0 heterocycles. The Hall–Kier alpha value is -2.66. The Morgan fingerprint density at radius 2 is 1.43 bits per heavy atom. The average molecular weight is 313 g/mol. The molecule has 0 aliphatic rings. The summed E-state index contributed by atoms with van der Waals surface area (Å²) in [7, 11) is 0. The lowest BCUT2D eigenvalue weighted by molar-refractivity contribution is -0.169. The minimum absolute atomic E-state index is 0.287. The van der Waals surface area contributed by atoms with E-state index in [0.29, 0.717) is 11.1 Å². The van der Waals surface area contributed by atoms with Gasteiger partial charge in [-0.1, -0.05) is 60.7 Å². The maximum Gasteiger partial charge on any atom is 0.348 e. The molecule has 0 bridgehead atoms. The molecule has 2 aromatic carbocycles. The van der Waals surface area contributed by atoms with E-state index in [9.17, 15) is 9.59 Å². The lowest BCUT2D eigenvalue weighted by Crippen LogP contribution is -2.42. The fourth-order valence-electron chi connectivity index (χ4n) is 2.43. The van der Waals surface area contributed by atoms with Crippen molar-refractivity contribution < 1.29 is 19.1 Å². The Kier molecular flexibility index (Phi) is 5.49. The highest BCUT2D eigenvalue weighted by Gasteiger charge is 2.44. The van der Waals surface area contributed by atoms with Gasteiger partial charge in [-0.05, 0) is 18.1 Å². The van der Waals surface area contributed by atoms with Gasteiger partial charge < -0.3 is 15.2 Å². The molecule has 1 amide bonds. The molecule has 0 aromatic heterocycles. The average Bonchev–Trinajstić information content (AvgIpc) is 2.59. The summed E-state index contributed by atoms with van der Waals surface area (Å²) in [6, 6.07) is 18.1. The quantitative estimate of drug-likeness (QED) is 0.793. The number of ether oxygens (including phenoxy) is 2. The fraction of sp³-hybridized carbons (Fsp3) is 0.222. The first-order valence-corrected chi connectivity index (χ1v) is 7.31. The molecular formula is C18H19NO4. The molecule has 0 unspecified atom stereocenters. The van der Waals surface area contributed by atoms with Gasteiger partial charge >= 0.3 is 5.97 Å². The Balaban J connectivity index is 2.56. The van der Waals surface area contributed by atoms with E-state index in [1.807, 2.05) is 36.4 Å². The molecule has 5 heteroatoms. The van der Waals surface area contributed by atoms with E-state index in [2.05, 4.69) is 0 Å². The number of amides is 1. The van der Waals surface area contributed by atoms with Crippen LogP contribution in [0.15, 0.2) is 60.7 Å². The van der Waals surface area contributed by atoms with Crippen molar-refractivity contribution in [2.75, 3.05) is 13.2 Å². The summed E-state index contributed by atoms with van der Waals surface area (Å²) in [5.74, 6) is -1.39.